The molecular formula is C52H80O6. The third kappa shape index (κ3) is 42.9. The molecule has 0 rings (SSSR count). The summed E-state index contributed by atoms with van der Waals surface area (Å²) >= 11 is 0. The van der Waals surface area contributed by atoms with Gasteiger partial charge in [0.15, 0.2) is 6.10 Å². The van der Waals surface area contributed by atoms with Crippen molar-refractivity contribution in [3.05, 3.63) is 122 Å². The summed E-state index contributed by atoms with van der Waals surface area (Å²) in [6, 6.07) is 0. The highest BCUT2D eigenvalue weighted by atomic mass is 16.6. The minimum Gasteiger partial charge on any atom is -0.462 e. The van der Waals surface area contributed by atoms with Crippen LogP contribution < -0.4 is 0 Å². The Bertz CT molecular complexity index is 1290. The van der Waals surface area contributed by atoms with Crippen LogP contribution in [0.3, 0.4) is 0 Å². The Hall–Kier alpha value is -4.19. The third-order valence-corrected chi connectivity index (χ3v) is 8.87. The van der Waals surface area contributed by atoms with E-state index in [-0.39, 0.29) is 37.5 Å². The lowest BCUT2D eigenvalue weighted by molar-refractivity contribution is -0.167. The molecule has 0 saturated carbocycles. The Balaban J connectivity index is 4.52. The van der Waals surface area contributed by atoms with Crippen LogP contribution in [0.2, 0.25) is 0 Å². The number of rotatable bonds is 38. The van der Waals surface area contributed by atoms with Gasteiger partial charge < -0.3 is 14.2 Å². The summed E-state index contributed by atoms with van der Waals surface area (Å²) in [6.45, 7) is 6.25. The van der Waals surface area contributed by atoms with Crippen LogP contribution in [0.15, 0.2) is 122 Å². The molecule has 324 valence electrons. The Morgan fingerprint density at radius 3 is 1.26 bits per heavy atom. The molecule has 6 heteroatoms. The number of carbonyl (C=O) groups is 3. The summed E-state index contributed by atoms with van der Waals surface area (Å²) in [7, 11) is 0. The second kappa shape index (κ2) is 45.5. The summed E-state index contributed by atoms with van der Waals surface area (Å²) in [5.41, 5.74) is 0. The second-order valence-electron chi connectivity index (χ2n) is 14.4. The molecule has 1 unspecified atom stereocenters. The molecule has 0 bridgehead atoms. The van der Waals surface area contributed by atoms with Gasteiger partial charge >= 0.3 is 17.9 Å². The van der Waals surface area contributed by atoms with Crippen LogP contribution >= 0.6 is 0 Å². The van der Waals surface area contributed by atoms with E-state index in [4.69, 9.17) is 14.2 Å². The van der Waals surface area contributed by atoms with E-state index in [0.717, 1.165) is 83.5 Å². The van der Waals surface area contributed by atoms with Gasteiger partial charge in [-0.1, -0.05) is 194 Å². The number of unbranched alkanes of at least 4 members (excludes halogenated alkanes) is 14. The Morgan fingerprint density at radius 2 is 0.741 bits per heavy atom. The van der Waals surface area contributed by atoms with Gasteiger partial charge in [0, 0.05) is 19.3 Å². The molecule has 1 atom stereocenters. The highest BCUT2D eigenvalue weighted by molar-refractivity contribution is 5.71. The van der Waals surface area contributed by atoms with Crippen LogP contribution in [-0.4, -0.2) is 37.2 Å². The molecule has 0 aliphatic carbocycles. The zero-order valence-electron chi connectivity index (χ0n) is 36.8. The van der Waals surface area contributed by atoms with Crippen molar-refractivity contribution in [3.8, 4) is 0 Å². The van der Waals surface area contributed by atoms with E-state index in [2.05, 4.69) is 69.4 Å². The van der Waals surface area contributed by atoms with Gasteiger partial charge in [-0.3, -0.25) is 14.4 Å². The first-order valence-electron chi connectivity index (χ1n) is 22.7. The Kier molecular flexibility index (Phi) is 42.2. The molecule has 0 heterocycles. The first-order chi connectivity index (χ1) is 28.5. The second-order valence-corrected chi connectivity index (χ2v) is 14.4. The smallest absolute Gasteiger partial charge is 0.306 e. The van der Waals surface area contributed by atoms with Gasteiger partial charge in [-0.25, -0.2) is 0 Å². The first kappa shape index (κ1) is 53.8. The highest BCUT2D eigenvalue weighted by Crippen LogP contribution is 2.11. The van der Waals surface area contributed by atoms with Crippen molar-refractivity contribution < 1.29 is 28.6 Å². The number of hydrogen-bond donors (Lipinski definition) is 0. The van der Waals surface area contributed by atoms with Gasteiger partial charge in [-0.15, -0.1) is 0 Å². The Labute approximate surface area is 354 Å². The predicted molar refractivity (Wildman–Crippen MR) is 246 cm³/mol. The van der Waals surface area contributed by atoms with E-state index < -0.39 is 6.10 Å². The number of esters is 3. The topological polar surface area (TPSA) is 78.9 Å². The van der Waals surface area contributed by atoms with Crippen LogP contribution in [0.1, 0.15) is 168 Å². The van der Waals surface area contributed by atoms with E-state index >= 15 is 0 Å². The lowest BCUT2D eigenvalue weighted by Crippen LogP contribution is -2.30. The molecule has 0 aromatic carbocycles. The number of hydrogen-bond acceptors (Lipinski definition) is 6. The summed E-state index contributed by atoms with van der Waals surface area (Å²) in [5, 5.41) is 0. The number of allylic oxidation sites excluding steroid dienone is 20. The summed E-state index contributed by atoms with van der Waals surface area (Å²) in [6.07, 6.45) is 61.8. The van der Waals surface area contributed by atoms with Gasteiger partial charge in [0.2, 0.25) is 0 Å². The lowest BCUT2D eigenvalue weighted by Gasteiger charge is -2.18. The normalized spacial score (nSPS) is 13.2. The summed E-state index contributed by atoms with van der Waals surface area (Å²) in [4.78, 5) is 37.7. The minimum atomic E-state index is -0.821. The molecule has 0 aliphatic rings. The maximum absolute atomic E-state index is 12.7. The van der Waals surface area contributed by atoms with Crippen LogP contribution in [0.5, 0.6) is 0 Å². The fourth-order valence-corrected chi connectivity index (χ4v) is 5.48. The molecular weight excluding hydrogens is 721 g/mol. The molecule has 0 radical (unpaired) electrons. The SMILES string of the molecule is CC\C=C/C=C\C=C/C=C\CCCCCC(=O)OC(COC(=O)CCC/C=C\CCCCCC)COC(=O)CCCCCCC\C=C/C=C\C=C/C=C\C=C/CCC. The molecule has 0 fully saturated rings. The molecule has 0 saturated heterocycles. The fourth-order valence-electron chi connectivity index (χ4n) is 5.48. The fraction of sp³-hybridized carbons (Fsp3) is 0.558. The van der Waals surface area contributed by atoms with Crippen molar-refractivity contribution >= 4 is 17.9 Å². The molecule has 0 aromatic rings. The zero-order chi connectivity index (χ0) is 42.3. The quantitative estimate of drug-likeness (QED) is 0.0203. The summed E-state index contributed by atoms with van der Waals surface area (Å²) in [5.74, 6) is -1.03. The minimum absolute atomic E-state index is 0.120. The van der Waals surface area contributed by atoms with Gasteiger partial charge in [0.1, 0.15) is 13.2 Å². The van der Waals surface area contributed by atoms with Crippen LogP contribution in [0.25, 0.3) is 0 Å². The first-order valence-corrected chi connectivity index (χ1v) is 22.7. The monoisotopic (exact) mass is 801 g/mol. The molecule has 6 nitrogen and oxygen atoms in total. The average Bonchev–Trinajstić information content (AvgIpc) is 3.22. The van der Waals surface area contributed by atoms with Crippen molar-refractivity contribution in [3.63, 3.8) is 0 Å². The third-order valence-electron chi connectivity index (χ3n) is 8.87. The largest absolute Gasteiger partial charge is 0.462 e. The number of ether oxygens (including phenoxy) is 3. The molecule has 0 aliphatic heterocycles. The van der Waals surface area contributed by atoms with Crippen molar-refractivity contribution in [1.29, 1.82) is 0 Å². The van der Waals surface area contributed by atoms with E-state index in [1.807, 2.05) is 72.9 Å². The Morgan fingerprint density at radius 1 is 0.362 bits per heavy atom. The van der Waals surface area contributed by atoms with Crippen molar-refractivity contribution in [1.82, 2.24) is 0 Å². The van der Waals surface area contributed by atoms with E-state index in [9.17, 15) is 14.4 Å². The maximum atomic E-state index is 12.7. The molecule has 0 aromatic heterocycles. The van der Waals surface area contributed by atoms with Gasteiger partial charge in [0.25, 0.3) is 0 Å². The molecule has 0 amide bonds. The lowest BCUT2D eigenvalue weighted by atomic mass is 10.1. The highest BCUT2D eigenvalue weighted by Gasteiger charge is 2.19. The van der Waals surface area contributed by atoms with Gasteiger partial charge in [-0.2, -0.15) is 0 Å². The molecule has 0 spiro atoms. The van der Waals surface area contributed by atoms with E-state index in [1.54, 1.807) is 0 Å². The molecule has 0 N–H and O–H groups in total. The standard InChI is InChI=1S/C52H80O6/c1-4-7-10-13-16-19-21-23-24-25-26-27-29-30-33-36-39-42-45-51(54)57-48-49(47-56-50(53)44-41-38-35-32-18-15-12-9-6-3)58-52(55)46-43-40-37-34-31-28-22-20-17-14-11-8-5-2/h8,10-11,13-14,16-17,19-28,31-32,35,49H,4-7,9,12,15,18,29-30,33-34,36-48H2,1-3H3/b11-8-,13-10-,17-14-,19-16-,22-20-,23-21-,25-24-,27-26-,31-28-,35-32-. The number of carbonyl (C=O) groups excluding carboxylic acids is 3. The van der Waals surface area contributed by atoms with E-state index in [0.29, 0.717) is 25.7 Å². The van der Waals surface area contributed by atoms with Crippen LogP contribution in [0, 0.1) is 0 Å². The zero-order valence-corrected chi connectivity index (χ0v) is 36.8. The van der Waals surface area contributed by atoms with Gasteiger partial charge in [-0.05, 0) is 77.0 Å². The predicted octanol–water partition coefficient (Wildman–Crippen LogP) is 14.6. The van der Waals surface area contributed by atoms with Crippen LogP contribution in [-0.2, 0) is 28.6 Å². The van der Waals surface area contributed by atoms with Crippen LogP contribution in [0.4, 0.5) is 0 Å². The van der Waals surface area contributed by atoms with Gasteiger partial charge in [0.05, 0.1) is 0 Å². The van der Waals surface area contributed by atoms with Crippen molar-refractivity contribution in [2.75, 3.05) is 13.2 Å². The van der Waals surface area contributed by atoms with E-state index in [1.165, 1.54) is 32.1 Å². The average molecular weight is 801 g/mol. The summed E-state index contributed by atoms with van der Waals surface area (Å²) < 4.78 is 16.6. The van der Waals surface area contributed by atoms with Crippen molar-refractivity contribution in [2.45, 2.75) is 175 Å². The maximum Gasteiger partial charge on any atom is 0.306 e. The van der Waals surface area contributed by atoms with Crippen molar-refractivity contribution in [2.24, 2.45) is 0 Å². The molecule has 58 heavy (non-hydrogen) atoms.